The molecule has 1 amide bonds. The van der Waals surface area contributed by atoms with Gasteiger partial charge in [-0.3, -0.25) is 4.79 Å². The minimum absolute atomic E-state index is 0.0950. The summed E-state index contributed by atoms with van der Waals surface area (Å²) in [7, 11) is 0. The molecule has 0 bridgehead atoms. The number of anilines is 1. The molecule has 0 aliphatic carbocycles. The summed E-state index contributed by atoms with van der Waals surface area (Å²) in [6, 6.07) is 15.5. The molecule has 3 aromatic rings. The highest BCUT2D eigenvalue weighted by Gasteiger charge is 2.30. The Kier molecular flexibility index (Phi) is 8.30. The van der Waals surface area contributed by atoms with Gasteiger partial charge in [-0.15, -0.1) is 0 Å². The summed E-state index contributed by atoms with van der Waals surface area (Å²) in [6.07, 6.45) is -3.03. The van der Waals surface area contributed by atoms with Crippen LogP contribution in [0.15, 0.2) is 70.7 Å². The molecule has 0 heterocycles. The largest absolute Gasteiger partial charge is 0.494 e. The van der Waals surface area contributed by atoms with Crippen LogP contribution < -0.4 is 10.1 Å². The van der Waals surface area contributed by atoms with Gasteiger partial charge in [0.2, 0.25) is 0 Å². The Hall–Kier alpha value is -3.64. The second kappa shape index (κ2) is 11.2. The molecule has 3 rings (SSSR count). The summed E-state index contributed by atoms with van der Waals surface area (Å²) < 4.78 is 59.3. The number of alkyl halides is 3. The minimum atomic E-state index is -4.57. The summed E-state index contributed by atoms with van der Waals surface area (Å²) in [5.74, 6) is -0.785. The number of ether oxygens (including phenoxy) is 1. The van der Waals surface area contributed by atoms with Crippen LogP contribution >= 0.6 is 15.9 Å². The quantitative estimate of drug-likeness (QED) is 0.194. The number of amides is 1. The van der Waals surface area contributed by atoms with E-state index in [4.69, 9.17) is 4.74 Å². The molecular weight excluding hydrogens is 528 g/mol. The number of halogens is 5. The predicted molar refractivity (Wildman–Crippen MR) is 128 cm³/mol. The number of nitrogens with one attached hydrogen (secondary N) is 1. The molecule has 0 fully saturated rings. The summed E-state index contributed by atoms with van der Waals surface area (Å²) in [5, 5.41) is 11.8. The fraction of sp³-hybridized carbons (Fsp3) is 0.154. The number of carbonyl (C=O) groups excluding carboxylic acids is 1. The lowest BCUT2D eigenvalue weighted by atomic mass is 10.0. The lowest BCUT2D eigenvalue weighted by molar-refractivity contribution is -0.137. The molecule has 0 radical (unpaired) electrons. The Morgan fingerprint density at radius 2 is 1.89 bits per heavy atom. The van der Waals surface area contributed by atoms with Crippen molar-refractivity contribution >= 4 is 33.6 Å². The van der Waals surface area contributed by atoms with Crippen LogP contribution in [0, 0.1) is 17.1 Å². The predicted octanol–water partition coefficient (Wildman–Crippen LogP) is 7.14. The Morgan fingerprint density at radius 1 is 1.14 bits per heavy atom. The van der Waals surface area contributed by atoms with E-state index < -0.39 is 17.6 Å². The molecule has 0 aliphatic rings. The van der Waals surface area contributed by atoms with E-state index >= 15 is 0 Å². The van der Waals surface area contributed by atoms with Crippen LogP contribution in [-0.4, -0.2) is 12.5 Å². The highest BCUT2D eigenvalue weighted by molar-refractivity contribution is 9.10. The van der Waals surface area contributed by atoms with E-state index in [2.05, 4.69) is 21.2 Å². The molecule has 0 aliphatic heterocycles. The highest BCUT2D eigenvalue weighted by Crippen LogP contribution is 2.33. The number of hydrogen-bond donors (Lipinski definition) is 1. The number of nitrogens with zero attached hydrogens (tertiary/aromatic N) is 1. The van der Waals surface area contributed by atoms with E-state index in [1.807, 2.05) is 0 Å². The molecule has 0 spiro atoms. The van der Waals surface area contributed by atoms with Crippen LogP contribution in [0.4, 0.5) is 23.2 Å². The molecule has 0 aromatic heterocycles. The van der Waals surface area contributed by atoms with Crippen molar-refractivity contribution in [2.75, 3.05) is 11.9 Å². The molecule has 9 heteroatoms. The zero-order valence-corrected chi connectivity index (χ0v) is 20.0. The third kappa shape index (κ3) is 6.70. The standard InChI is InChI=1S/C26H19BrF4N2O2/c1-2-35-24-12-16(11-22(27)21(24)13-17-6-3-4-9-23(17)28)10-18(15-32)25(34)33-20-8-5-7-19(14-20)26(29,30)31/h3-12,14H,2,13H2,1H3,(H,33,34)/b18-10+. The van der Waals surface area contributed by atoms with Gasteiger partial charge >= 0.3 is 6.18 Å². The van der Waals surface area contributed by atoms with E-state index in [-0.39, 0.29) is 23.5 Å². The number of rotatable bonds is 7. The Balaban J connectivity index is 1.91. The minimum Gasteiger partial charge on any atom is -0.494 e. The van der Waals surface area contributed by atoms with Gasteiger partial charge in [0.1, 0.15) is 23.2 Å². The molecule has 1 N–H and O–H groups in total. The Bertz CT molecular complexity index is 1310. The van der Waals surface area contributed by atoms with Crippen molar-refractivity contribution in [3.63, 3.8) is 0 Å². The molecule has 4 nitrogen and oxygen atoms in total. The van der Waals surface area contributed by atoms with Crippen molar-refractivity contribution in [1.82, 2.24) is 0 Å². The van der Waals surface area contributed by atoms with Gasteiger partial charge < -0.3 is 10.1 Å². The van der Waals surface area contributed by atoms with E-state index in [0.717, 1.165) is 18.2 Å². The maximum atomic E-state index is 14.2. The first kappa shape index (κ1) is 26.0. The van der Waals surface area contributed by atoms with Crippen LogP contribution in [0.25, 0.3) is 6.08 Å². The maximum Gasteiger partial charge on any atom is 0.416 e. The van der Waals surface area contributed by atoms with Gasteiger partial charge in [0.15, 0.2) is 0 Å². The van der Waals surface area contributed by atoms with Gasteiger partial charge in [-0.2, -0.15) is 18.4 Å². The summed E-state index contributed by atoms with van der Waals surface area (Å²) in [6.45, 7) is 2.11. The monoisotopic (exact) mass is 546 g/mol. The van der Waals surface area contributed by atoms with Gasteiger partial charge in [0, 0.05) is 22.1 Å². The van der Waals surface area contributed by atoms with E-state index in [9.17, 15) is 27.6 Å². The SMILES string of the molecule is CCOc1cc(/C=C(\C#N)C(=O)Nc2cccc(C(F)(F)F)c2)cc(Br)c1Cc1ccccc1F. The van der Waals surface area contributed by atoms with Crippen molar-refractivity contribution in [3.05, 3.63) is 98.8 Å². The number of carbonyl (C=O) groups is 1. The first-order chi connectivity index (χ1) is 16.6. The van der Waals surface area contributed by atoms with Crippen molar-refractivity contribution < 1.29 is 27.1 Å². The lowest BCUT2D eigenvalue weighted by Crippen LogP contribution is -2.14. The smallest absolute Gasteiger partial charge is 0.416 e. The van der Waals surface area contributed by atoms with Gasteiger partial charge in [-0.1, -0.05) is 40.2 Å². The normalized spacial score (nSPS) is 11.6. The molecule has 35 heavy (non-hydrogen) atoms. The van der Waals surface area contributed by atoms with Crippen molar-refractivity contribution in [2.24, 2.45) is 0 Å². The first-order valence-corrected chi connectivity index (χ1v) is 11.2. The Morgan fingerprint density at radius 3 is 2.54 bits per heavy atom. The van der Waals surface area contributed by atoms with Gasteiger partial charge in [0.25, 0.3) is 5.91 Å². The second-order valence-electron chi connectivity index (χ2n) is 7.38. The second-order valence-corrected chi connectivity index (χ2v) is 8.24. The molecule has 0 atom stereocenters. The van der Waals surface area contributed by atoms with Crippen LogP contribution in [0.1, 0.15) is 29.2 Å². The third-order valence-corrected chi connectivity index (χ3v) is 5.63. The van der Waals surface area contributed by atoms with Gasteiger partial charge in [-0.05, 0) is 60.5 Å². The number of hydrogen-bond acceptors (Lipinski definition) is 3. The number of benzene rings is 3. The molecule has 0 unspecified atom stereocenters. The van der Waals surface area contributed by atoms with E-state index in [1.54, 1.807) is 43.3 Å². The van der Waals surface area contributed by atoms with E-state index in [0.29, 0.717) is 33.5 Å². The van der Waals surface area contributed by atoms with E-state index in [1.165, 1.54) is 18.2 Å². The fourth-order valence-electron chi connectivity index (χ4n) is 3.29. The van der Waals surface area contributed by atoms with Crippen molar-refractivity contribution in [2.45, 2.75) is 19.5 Å². The highest BCUT2D eigenvalue weighted by atomic mass is 79.9. The summed E-state index contributed by atoms with van der Waals surface area (Å²) >= 11 is 3.46. The molecular formula is C26H19BrF4N2O2. The average Bonchev–Trinajstić information content (AvgIpc) is 2.80. The van der Waals surface area contributed by atoms with Crippen LogP contribution in [0.2, 0.25) is 0 Å². The first-order valence-electron chi connectivity index (χ1n) is 10.4. The maximum absolute atomic E-state index is 14.2. The van der Waals surface area contributed by atoms with Gasteiger partial charge in [-0.25, -0.2) is 4.39 Å². The topological polar surface area (TPSA) is 62.1 Å². The molecule has 180 valence electrons. The van der Waals surface area contributed by atoms with Crippen LogP contribution in [0.5, 0.6) is 5.75 Å². The fourth-order valence-corrected chi connectivity index (χ4v) is 3.89. The van der Waals surface area contributed by atoms with Crippen LogP contribution in [0.3, 0.4) is 0 Å². The number of nitriles is 1. The molecule has 0 saturated heterocycles. The van der Waals surface area contributed by atoms with Gasteiger partial charge in [0.05, 0.1) is 12.2 Å². The molecule has 0 saturated carbocycles. The third-order valence-electron chi connectivity index (χ3n) is 4.93. The Labute approximate surface area is 208 Å². The lowest BCUT2D eigenvalue weighted by Gasteiger charge is -2.14. The summed E-state index contributed by atoms with van der Waals surface area (Å²) in [4.78, 5) is 12.6. The zero-order valence-electron chi connectivity index (χ0n) is 18.4. The van der Waals surface area contributed by atoms with Crippen molar-refractivity contribution in [3.8, 4) is 11.8 Å². The van der Waals surface area contributed by atoms with Crippen molar-refractivity contribution in [1.29, 1.82) is 5.26 Å². The summed E-state index contributed by atoms with van der Waals surface area (Å²) in [5.41, 5.74) is 0.250. The molecule has 3 aromatic carbocycles. The zero-order chi connectivity index (χ0) is 25.6. The van der Waals surface area contributed by atoms with Crippen LogP contribution in [-0.2, 0) is 17.4 Å². The average molecular weight is 547 g/mol.